The Bertz CT molecular complexity index is 1310. The molecule has 10 heteroatoms. The molecule has 0 radical (unpaired) electrons. The number of sulfonamides is 1. The molecule has 0 bridgehead atoms. The molecule has 35 heavy (non-hydrogen) atoms. The van der Waals surface area contributed by atoms with E-state index in [1.54, 1.807) is 35.6 Å². The fourth-order valence-electron chi connectivity index (χ4n) is 4.82. The van der Waals surface area contributed by atoms with E-state index in [1.165, 1.54) is 4.31 Å². The molecular formula is C25H29ClN4O3S2. The molecule has 0 N–H and O–H groups in total. The van der Waals surface area contributed by atoms with Crippen LogP contribution in [0.4, 0.5) is 5.13 Å². The van der Waals surface area contributed by atoms with Gasteiger partial charge < -0.3 is 9.80 Å². The lowest BCUT2D eigenvalue weighted by Crippen LogP contribution is -2.53. The number of anilines is 1. The van der Waals surface area contributed by atoms with Crippen LogP contribution in [0.2, 0.25) is 5.02 Å². The lowest BCUT2D eigenvalue weighted by Gasteiger charge is -2.38. The van der Waals surface area contributed by atoms with Gasteiger partial charge >= 0.3 is 0 Å². The molecule has 0 saturated carbocycles. The van der Waals surface area contributed by atoms with Gasteiger partial charge in [-0.3, -0.25) is 4.79 Å². The number of amides is 1. The van der Waals surface area contributed by atoms with Crippen LogP contribution in [0.25, 0.3) is 10.2 Å². The van der Waals surface area contributed by atoms with Crippen LogP contribution >= 0.6 is 22.9 Å². The molecule has 3 heterocycles. The number of hydrogen-bond donors (Lipinski definition) is 0. The van der Waals surface area contributed by atoms with Crippen molar-refractivity contribution in [3.05, 3.63) is 52.5 Å². The van der Waals surface area contributed by atoms with Gasteiger partial charge in [-0.2, -0.15) is 4.31 Å². The minimum Gasteiger partial charge on any atom is -0.345 e. The second-order valence-electron chi connectivity index (χ2n) is 9.37. The van der Waals surface area contributed by atoms with Crippen molar-refractivity contribution in [2.24, 2.45) is 5.92 Å². The molecule has 1 atom stereocenters. The summed E-state index contributed by atoms with van der Waals surface area (Å²) in [5.74, 6) is -0.254. The Labute approximate surface area is 215 Å². The number of benzene rings is 2. The van der Waals surface area contributed by atoms with Crippen LogP contribution in [-0.4, -0.2) is 67.8 Å². The Hall–Kier alpha value is -2.20. The monoisotopic (exact) mass is 532 g/mol. The summed E-state index contributed by atoms with van der Waals surface area (Å²) in [5.41, 5.74) is 3.05. The number of rotatable bonds is 4. The van der Waals surface area contributed by atoms with Crippen molar-refractivity contribution in [1.82, 2.24) is 14.2 Å². The van der Waals surface area contributed by atoms with Crippen LogP contribution in [0.1, 0.15) is 24.0 Å². The van der Waals surface area contributed by atoms with Gasteiger partial charge in [-0.25, -0.2) is 13.4 Å². The molecule has 2 aromatic carbocycles. The summed E-state index contributed by atoms with van der Waals surface area (Å²) in [6.45, 7) is 7.24. The van der Waals surface area contributed by atoms with Crippen LogP contribution in [0.5, 0.6) is 0 Å². The molecule has 7 nitrogen and oxygen atoms in total. The first kappa shape index (κ1) is 24.5. The Morgan fingerprint density at radius 2 is 1.74 bits per heavy atom. The largest absolute Gasteiger partial charge is 0.345 e. The van der Waals surface area contributed by atoms with E-state index in [2.05, 4.69) is 4.90 Å². The molecule has 186 valence electrons. The van der Waals surface area contributed by atoms with Gasteiger partial charge in [0.25, 0.3) is 0 Å². The van der Waals surface area contributed by atoms with Gasteiger partial charge in [0.2, 0.25) is 15.9 Å². The first-order valence-corrected chi connectivity index (χ1v) is 14.5. The van der Waals surface area contributed by atoms with Crippen molar-refractivity contribution in [2.75, 3.05) is 44.2 Å². The van der Waals surface area contributed by atoms with Crippen molar-refractivity contribution in [3.63, 3.8) is 0 Å². The van der Waals surface area contributed by atoms with E-state index in [4.69, 9.17) is 16.6 Å². The van der Waals surface area contributed by atoms with Gasteiger partial charge in [-0.1, -0.05) is 46.7 Å². The Balaban J connectivity index is 1.23. The van der Waals surface area contributed by atoms with Crippen molar-refractivity contribution in [1.29, 1.82) is 0 Å². The summed E-state index contributed by atoms with van der Waals surface area (Å²) in [4.78, 5) is 22.5. The normalized spacial score (nSPS) is 19.9. The second-order valence-corrected chi connectivity index (χ2v) is 12.7. The highest BCUT2D eigenvalue weighted by molar-refractivity contribution is 7.89. The number of hydrogen-bond acceptors (Lipinski definition) is 6. The van der Waals surface area contributed by atoms with Crippen LogP contribution in [0, 0.1) is 19.8 Å². The van der Waals surface area contributed by atoms with E-state index < -0.39 is 10.0 Å². The maximum absolute atomic E-state index is 13.3. The third kappa shape index (κ3) is 4.79. The van der Waals surface area contributed by atoms with Crippen LogP contribution in [0.3, 0.4) is 0 Å². The third-order valence-electron chi connectivity index (χ3n) is 6.94. The maximum atomic E-state index is 13.3. The molecular weight excluding hydrogens is 504 g/mol. The molecule has 1 unspecified atom stereocenters. The highest BCUT2D eigenvalue weighted by Gasteiger charge is 2.36. The van der Waals surface area contributed by atoms with Crippen molar-refractivity contribution in [2.45, 2.75) is 31.6 Å². The minimum absolute atomic E-state index is 0.0524. The lowest BCUT2D eigenvalue weighted by atomic mass is 9.98. The molecule has 0 spiro atoms. The minimum atomic E-state index is -3.60. The smallest absolute Gasteiger partial charge is 0.243 e. The van der Waals surface area contributed by atoms with E-state index in [1.807, 2.05) is 30.9 Å². The van der Waals surface area contributed by atoms with E-state index >= 15 is 0 Å². The van der Waals surface area contributed by atoms with Crippen molar-refractivity contribution in [3.8, 4) is 0 Å². The summed E-state index contributed by atoms with van der Waals surface area (Å²) in [7, 11) is -3.60. The Morgan fingerprint density at radius 1 is 1.03 bits per heavy atom. The summed E-state index contributed by atoms with van der Waals surface area (Å²) in [6, 6.07) is 10.8. The van der Waals surface area contributed by atoms with Crippen molar-refractivity contribution >= 4 is 54.2 Å². The molecule has 2 aliphatic rings. The van der Waals surface area contributed by atoms with E-state index in [0.717, 1.165) is 26.5 Å². The average Bonchev–Trinajstić information content (AvgIpc) is 3.33. The number of aryl methyl sites for hydroxylation is 2. The number of piperidine rings is 1. The molecule has 0 aliphatic carbocycles. The number of piperazine rings is 1. The van der Waals surface area contributed by atoms with Gasteiger partial charge in [-0.15, -0.1) is 0 Å². The molecule has 5 rings (SSSR count). The maximum Gasteiger partial charge on any atom is 0.243 e. The Morgan fingerprint density at radius 3 is 2.43 bits per heavy atom. The first-order valence-electron chi connectivity index (χ1n) is 11.9. The fraction of sp³-hybridized carbons (Fsp3) is 0.440. The predicted octanol–water partition coefficient (Wildman–Crippen LogP) is 4.32. The first-order chi connectivity index (χ1) is 16.7. The predicted molar refractivity (Wildman–Crippen MR) is 141 cm³/mol. The van der Waals surface area contributed by atoms with Crippen LogP contribution in [0.15, 0.2) is 41.3 Å². The van der Waals surface area contributed by atoms with Gasteiger partial charge in [0, 0.05) is 39.3 Å². The SMILES string of the molecule is Cc1ccc(S(=O)(=O)N2CCCC(C(=O)N3CCN(c4nc5c(C)ccc(Cl)c5s4)CC3)C2)cc1. The summed E-state index contributed by atoms with van der Waals surface area (Å²) < 4.78 is 28.8. The average molecular weight is 533 g/mol. The number of fused-ring (bicyclic) bond motifs is 1. The molecule has 3 aromatic rings. The zero-order chi connectivity index (χ0) is 24.7. The quantitative estimate of drug-likeness (QED) is 0.500. The lowest BCUT2D eigenvalue weighted by molar-refractivity contribution is -0.137. The topological polar surface area (TPSA) is 73.8 Å². The number of thiazole rings is 1. The highest BCUT2D eigenvalue weighted by atomic mass is 35.5. The summed E-state index contributed by atoms with van der Waals surface area (Å²) >= 11 is 7.96. The van der Waals surface area contributed by atoms with Crippen LogP contribution < -0.4 is 4.90 Å². The number of aromatic nitrogens is 1. The standard InChI is InChI=1S/C25H29ClN4O3S2/c1-17-5-8-20(9-6-17)35(32,33)30-11-3-4-19(16-30)24(31)28-12-14-29(15-13-28)25-27-22-18(2)7-10-21(26)23(22)34-25/h5-10,19H,3-4,11-16H2,1-2H3. The Kier molecular flexibility index (Phi) is 6.78. The zero-order valence-electron chi connectivity index (χ0n) is 19.9. The van der Waals surface area contributed by atoms with E-state index in [0.29, 0.717) is 50.6 Å². The van der Waals surface area contributed by atoms with E-state index in [9.17, 15) is 13.2 Å². The van der Waals surface area contributed by atoms with Gasteiger partial charge in [-0.05, 0) is 50.5 Å². The van der Waals surface area contributed by atoms with Gasteiger partial charge in [0.05, 0.1) is 26.1 Å². The zero-order valence-corrected chi connectivity index (χ0v) is 22.3. The third-order valence-corrected chi connectivity index (χ3v) is 10.4. The second kappa shape index (κ2) is 9.69. The van der Waals surface area contributed by atoms with E-state index in [-0.39, 0.29) is 23.3 Å². The molecule has 1 aromatic heterocycles. The molecule has 1 amide bonds. The molecule has 2 saturated heterocycles. The highest BCUT2D eigenvalue weighted by Crippen LogP contribution is 2.36. The van der Waals surface area contributed by atoms with Gasteiger partial charge in [0.1, 0.15) is 0 Å². The van der Waals surface area contributed by atoms with Gasteiger partial charge in [0.15, 0.2) is 5.13 Å². The molecule has 2 aliphatic heterocycles. The summed E-state index contributed by atoms with van der Waals surface area (Å²) in [5, 5.41) is 1.64. The summed E-state index contributed by atoms with van der Waals surface area (Å²) in [6.07, 6.45) is 1.40. The number of carbonyl (C=O) groups excluding carboxylic acids is 1. The number of halogens is 1. The number of carbonyl (C=O) groups is 1. The molecule has 2 fully saturated rings. The van der Waals surface area contributed by atoms with Crippen molar-refractivity contribution < 1.29 is 13.2 Å². The number of nitrogens with zero attached hydrogens (tertiary/aromatic N) is 4. The fourth-order valence-corrected chi connectivity index (χ4v) is 7.72. The van der Waals surface area contributed by atoms with Crippen LogP contribution in [-0.2, 0) is 14.8 Å².